The molecule has 2 aromatic heterocycles. The number of benzene rings is 1. The van der Waals surface area contributed by atoms with E-state index in [2.05, 4.69) is 10.3 Å². The zero-order valence-electron chi connectivity index (χ0n) is 13.7. The SMILES string of the molecule is O=C(COc1cc2oc(=O)c3c(c2cc1Cl)CCCC3)Nc1nccs1. The molecular weight excluding hydrogens is 376 g/mol. The minimum atomic E-state index is -0.344. The van der Waals surface area contributed by atoms with Crippen LogP contribution in [0, 0.1) is 0 Å². The summed E-state index contributed by atoms with van der Waals surface area (Å²) < 4.78 is 11.0. The first-order valence-electron chi connectivity index (χ1n) is 8.22. The highest BCUT2D eigenvalue weighted by Crippen LogP contribution is 2.34. The van der Waals surface area contributed by atoms with Gasteiger partial charge in [0.1, 0.15) is 11.3 Å². The van der Waals surface area contributed by atoms with Gasteiger partial charge in [0.25, 0.3) is 5.91 Å². The predicted molar refractivity (Wildman–Crippen MR) is 100 cm³/mol. The highest BCUT2D eigenvalue weighted by Gasteiger charge is 2.19. The maximum Gasteiger partial charge on any atom is 0.339 e. The molecule has 0 spiro atoms. The minimum absolute atomic E-state index is 0.222. The van der Waals surface area contributed by atoms with Crippen LogP contribution in [0.4, 0.5) is 5.13 Å². The third-order valence-electron chi connectivity index (χ3n) is 4.31. The van der Waals surface area contributed by atoms with Crippen LogP contribution in [0.25, 0.3) is 11.0 Å². The second-order valence-corrected chi connectivity index (χ2v) is 7.31. The topological polar surface area (TPSA) is 81.4 Å². The number of carbonyl (C=O) groups is 1. The number of rotatable bonds is 4. The highest BCUT2D eigenvalue weighted by atomic mass is 35.5. The molecule has 0 unspecified atom stereocenters. The molecule has 26 heavy (non-hydrogen) atoms. The molecule has 2 heterocycles. The van der Waals surface area contributed by atoms with Crippen LogP contribution in [0.3, 0.4) is 0 Å². The van der Waals surface area contributed by atoms with Crippen molar-refractivity contribution >= 4 is 44.9 Å². The normalized spacial score (nSPS) is 13.4. The number of fused-ring (bicyclic) bond motifs is 3. The molecule has 0 atom stereocenters. The second kappa shape index (κ2) is 7.09. The van der Waals surface area contributed by atoms with Crippen LogP contribution in [0.5, 0.6) is 5.75 Å². The van der Waals surface area contributed by atoms with E-state index in [4.69, 9.17) is 20.8 Å². The average Bonchev–Trinajstić information content (AvgIpc) is 3.14. The van der Waals surface area contributed by atoms with Gasteiger partial charge in [-0.1, -0.05) is 11.6 Å². The summed E-state index contributed by atoms with van der Waals surface area (Å²) in [4.78, 5) is 28.1. The number of amides is 1. The second-order valence-electron chi connectivity index (χ2n) is 6.01. The first-order valence-corrected chi connectivity index (χ1v) is 9.48. The largest absolute Gasteiger partial charge is 0.482 e. The van der Waals surface area contributed by atoms with Crippen LogP contribution in [-0.4, -0.2) is 17.5 Å². The number of carbonyl (C=O) groups excluding carboxylic acids is 1. The standard InChI is InChI=1S/C18H15ClN2O4S/c19-13-7-12-10-3-1-2-4-11(10)17(23)25-14(12)8-15(13)24-9-16(22)21-18-20-5-6-26-18/h5-8H,1-4,9H2,(H,20,21,22). The Morgan fingerprint density at radius 1 is 1.31 bits per heavy atom. The van der Waals surface area contributed by atoms with Crippen LogP contribution in [0.2, 0.25) is 5.02 Å². The minimum Gasteiger partial charge on any atom is -0.482 e. The number of anilines is 1. The monoisotopic (exact) mass is 390 g/mol. The summed E-state index contributed by atoms with van der Waals surface area (Å²) >= 11 is 7.64. The lowest BCUT2D eigenvalue weighted by atomic mass is 9.91. The Hall–Kier alpha value is -2.38. The van der Waals surface area contributed by atoms with E-state index >= 15 is 0 Å². The molecule has 1 aliphatic rings. The summed E-state index contributed by atoms with van der Waals surface area (Å²) in [5.74, 6) is -0.0460. The van der Waals surface area contributed by atoms with Crippen molar-refractivity contribution in [1.82, 2.24) is 4.98 Å². The Labute approximate surface area is 157 Å². The van der Waals surface area contributed by atoms with Crippen molar-refractivity contribution < 1.29 is 13.9 Å². The lowest BCUT2D eigenvalue weighted by molar-refractivity contribution is -0.118. The molecular formula is C18H15ClN2O4S. The molecule has 1 N–H and O–H groups in total. The molecule has 0 radical (unpaired) electrons. The van der Waals surface area contributed by atoms with Crippen molar-refractivity contribution in [3.8, 4) is 5.75 Å². The van der Waals surface area contributed by atoms with Gasteiger partial charge in [-0.15, -0.1) is 11.3 Å². The number of hydrogen-bond acceptors (Lipinski definition) is 6. The van der Waals surface area contributed by atoms with Gasteiger partial charge in [-0.3, -0.25) is 10.1 Å². The molecule has 8 heteroatoms. The number of aryl methyl sites for hydroxylation is 1. The van der Waals surface area contributed by atoms with Gasteiger partial charge in [0.2, 0.25) is 0 Å². The van der Waals surface area contributed by atoms with Crippen molar-refractivity contribution in [2.45, 2.75) is 25.7 Å². The molecule has 0 fully saturated rings. The van der Waals surface area contributed by atoms with Crippen molar-refractivity contribution in [2.24, 2.45) is 0 Å². The Morgan fingerprint density at radius 2 is 2.12 bits per heavy atom. The first-order chi connectivity index (χ1) is 12.6. The summed E-state index contributed by atoms with van der Waals surface area (Å²) in [5, 5.41) is 6.10. The number of thiazole rings is 1. The van der Waals surface area contributed by atoms with Gasteiger partial charge in [0.15, 0.2) is 11.7 Å². The summed E-state index contributed by atoms with van der Waals surface area (Å²) in [6, 6.07) is 3.32. The van der Waals surface area contributed by atoms with E-state index in [0.717, 1.165) is 42.2 Å². The number of aromatic nitrogens is 1. The van der Waals surface area contributed by atoms with Gasteiger partial charge < -0.3 is 9.15 Å². The third kappa shape index (κ3) is 3.32. The fourth-order valence-corrected chi connectivity index (χ4v) is 3.90. The van der Waals surface area contributed by atoms with Gasteiger partial charge in [-0.25, -0.2) is 9.78 Å². The van der Waals surface area contributed by atoms with Crippen LogP contribution >= 0.6 is 22.9 Å². The van der Waals surface area contributed by atoms with Crippen molar-refractivity contribution in [2.75, 3.05) is 11.9 Å². The lowest BCUT2D eigenvalue weighted by Crippen LogP contribution is -2.20. The number of ether oxygens (including phenoxy) is 1. The Bertz CT molecular complexity index is 1030. The first kappa shape index (κ1) is 17.1. The molecule has 3 aromatic rings. The smallest absolute Gasteiger partial charge is 0.339 e. The molecule has 6 nitrogen and oxygen atoms in total. The summed E-state index contributed by atoms with van der Waals surface area (Å²) in [6.45, 7) is -0.222. The van der Waals surface area contributed by atoms with Gasteiger partial charge in [-0.05, 0) is 37.3 Å². The molecule has 1 aromatic carbocycles. The van der Waals surface area contributed by atoms with Crippen LogP contribution in [-0.2, 0) is 17.6 Å². The number of nitrogens with zero attached hydrogens (tertiary/aromatic N) is 1. The van der Waals surface area contributed by atoms with Crippen molar-refractivity contribution in [3.63, 3.8) is 0 Å². The summed E-state index contributed by atoms with van der Waals surface area (Å²) in [6.07, 6.45) is 5.21. The molecule has 1 amide bonds. The molecule has 4 rings (SSSR count). The summed E-state index contributed by atoms with van der Waals surface area (Å²) in [7, 11) is 0. The van der Waals surface area contributed by atoms with Gasteiger partial charge in [0, 0.05) is 28.6 Å². The highest BCUT2D eigenvalue weighted by molar-refractivity contribution is 7.13. The molecule has 0 bridgehead atoms. The summed E-state index contributed by atoms with van der Waals surface area (Å²) in [5.41, 5.74) is 1.88. The Kier molecular flexibility index (Phi) is 4.65. The lowest BCUT2D eigenvalue weighted by Gasteiger charge is -2.17. The van der Waals surface area contributed by atoms with Crippen molar-refractivity contribution in [3.05, 3.63) is 50.3 Å². The Balaban J connectivity index is 1.59. The molecule has 134 valence electrons. The molecule has 0 saturated carbocycles. The maximum atomic E-state index is 12.2. The van der Waals surface area contributed by atoms with Gasteiger partial charge >= 0.3 is 5.63 Å². The fourth-order valence-electron chi connectivity index (χ4n) is 3.14. The maximum absolute atomic E-state index is 12.2. The van der Waals surface area contributed by atoms with Gasteiger partial charge in [-0.2, -0.15) is 0 Å². The van der Waals surface area contributed by atoms with Crippen LogP contribution < -0.4 is 15.7 Å². The van der Waals surface area contributed by atoms with E-state index in [0.29, 0.717) is 21.5 Å². The van der Waals surface area contributed by atoms with Gasteiger partial charge in [0.05, 0.1) is 5.02 Å². The van der Waals surface area contributed by atoms with Crippen LogP contribution in [0.15, 0.2) is 32.9 Å². The van der Waals surface area contributed by atoms with E-state index in [1.54, 1.807) is 23.7 Å². The molecule has 1 aliphatic carbocycles. The van der Waals surface area contributed by atoms with Crippen molar-refractivity contribution in [1.29, 1.82) is 0 Å². The Morgan fingerprint density at radius 3 is 2.88 bits per heavy atom. The quantitative estimate of drug-likeness (QED) is 0.685. The number of hydrogen-bond donors (Lipinski definition) is 1. The zero-order chi connectivity index (χ0) is 18.1. The molecule has 0 aliphatic heterocycles. The van der Waals surface area contributed by atoms with Crippen LogP contribution in [0.1, 0.15) is 24.0 Å². The van der Waals surface area contributed by atoms with E-state index in [1.165, 1.54) is 11.3 Å². The number of halogens is 1. The van der Waals surface area contributed by atoms with E-state index in [-0.39, 0.29) is 18.1 Å². The number of nitrogens with one attached hydrogen (secondary N) is 1. The van der Waals surface area contributed by atoms with E-state index in [9.17, 15) is 9.59 Å². The van der Waals surface area contributed by atoms with E-state index in [1.807, 2.05) is 0 Å². The predicted octanol–water partition coefficient (Wildman–Crippen LogP) is 3.80. The zero-order valence-corrected chi connectivity index (χ0v) is 15.3. The fraction of sp³-hybridized carbons (Fsp3) is 0.278. The third-order valence-corrected chi connectivity index (χ3v) is 5.30. The average molecular weight is 391 g/mol. The molecule has 0 saturated heterocycles. The van der Waals surface area contributed by atoms with E-state index < -0.39 is 0 Å².